The molecular formula is C29H22ClF2N3O4S. The molecule has 0 aliphatic carbocycles. The number of nitrogens with zero attached hydrogens (tertiary/aromatic N) is 3. The number of benzene rings is 3. The van der Waals surface area contributed by atoms with E-state index in [0.717, 1.165) is 22.0 Å². The first kappa shape index (κ1) is 27.5. The molecule has 40 heavy (non-hydrogen) atoms. The van der Waals surface area contributed by atoms with E-state index < -0.39 is 23.0 Å². The van der Waals surface area contributed by atoms with Crippen molar-refractivity contribution in [3.05, 3.63) is 105 Å². The van der Waals surface area contributed by atoms with Crippen LogP contribution in [0.4, 0.5) is 13.6 Å². The lowest BCUT2D eigenvalue weighted by atomic mass is 9.99. The molecule has 1 fully saturated rings. The van der Waals surface area contributed by atoms with Gasteiger partial charge >= 0.3 is 5.97 Å². The molecule has 0 radical (unpaired) electrons. The molecule has 4 aromatic rings. The highest BCUT2D eigenvalue weighted by Gasteiger charge is 2.35. The van der Waals surface area contributed by atoms with Crippen LogP contribution < -0.4 is 0 Å². The number of aromatic carboxylic acids is 1. The molecule has 0 spiro atoms. The van der Waals surface area contributed by atoms with E-state index in [1.165, 1.54) is 25.1 Å². The average Bonchev–Trinajstić information content (AvgIpc) is 3.44. The van der Waals surface area contributed by atoms with Crippen LogP contribution in [0.3, 0.4) is 0 Å². The summed E-state index contributed by atoms with van der Waals surface area (Å²) in [4.78, 5) is 38.1. The number of carbonyl (C=O) groups is 3. The van der Waals surface area contributed by atoms with Gasteiger partial charge in [-0.3, -0.25) is 19.2 Å². The normalized spacial score (nSPS) is 15.0. The molecule has 0 saturated carbocycles. The van der Waals surface area contributed by atoms with Crippen molar-refractivity contribution < 1.29 is 28.3 Å². The zero-order valence-electron chi connectivity index (χ0n) is 21.1. The summed E-state index contributed by atoms with van der Waals surface area (Å²) >= 11 is 6.80. The van der Waals surface area contributed by atoms with Gasteiger partial charge in [-0.2, -0.15) is 5.10 Å². The minimum atomic E-state index is -3.03. The van der Waals surface area contributed by atoms with Gasteiger partial charge in [-0.05, 0) is 70.9 Å². The third-order valence-electron chi connectivity index (χ3n) is 6.58. The van der Waals surface area contributed by atoms with E-state index in [9.17, 15) is 28.3 Å². The number of alkyl halides is 2. The van der Waals surface area contributed by atoms with Gasteiger partial charge in [0.05, 0.1) is 35.3 Å². The van der Waals surface area contributed by atoms with Crippen LogP contribution in [-0.2, 0) is 23.8 Å². The van der Waals surface area contributed by atoms with Crippen LogP contribution in [0.1, 0.15) is 46.0 Å². The Bertz CT molecular complexity index is 1700. The molecule has 5 rings (SSSR count). The maximum Gasteiger partial charge on any atom is 0.335 e. The highest BCUT2D eigenvalue weighted by Crippen LogP contribution is 2.36. The second kappa shape index (κ2) is 10.9. The zero-order valence-corrected chi connectivity index (χ0v) is 22.7. The van der Waals surface area contributed by atoms with Crippen LogP contribution in [-0.4, -0.2) is 36.9 Å². The minimum absolute atomic E-state index is 0.0430. The second-order valence-electron chi connectivity index (χ2n) is 9.25. The summed E-state index contributed by atoms with van der Waals surface area (Å²) in [5, 5.41) is 14.1. The topological polar surface area (TPSA) is 92.5 Å². The summed E-state index contributed by atoms with van der Waals surface area (Å²) in [6.45, 7) is 1.49. The molecule has 3 aromatic carbocycles. The van der Waals surface area contributed by atoms with Crippen LogP contribution in [0, 0.1) is 0 Å². The molecule has 1 aliphatic rings. The van der Waals surface area contributed by atoms with Crippen molar-refractivity contribution in [3.63, 3.8) is 0 Å². The largest absolute Gasteiger partial charge is 0.478 e. The highest BCUT2D eigenvalue weighted by atomic mass is 35.5. The molecule has 7 nitrogen and oxygen atoms in total. The van der Waals surface area contributed by atoms with E-state index in [4.69, 9.17) is 11.6 Å². The predicted molar refractivity (Wildman–Crippen MR) is 149 cm³/mol. The number of imide groups is 1. The Kier molecular flexibility index (Phi) is 7.48. The molecule has 1 aromatic heterocycles. The van der Waals surface area contributed by atoms with Crippen molar-refractivity contribution in [1.29, 1.82) is 0 Å². The van der Waals surface area contributed by atoms with Crippen LogP contribution in [0.25, 0.3) is 17.0 Å². The smallest absolute Gasteiger partial charge is 0.335 e. The summed E-state index contributed by atoms with van der Waals surface area (Å²) < 4.78 is 30.8. The third-order valence-corrected chi connectivity index (χ3v) is 7.72. The molecule has 0 atom stereocenters. The number of hydrogen-bond acceptors (Lipinski definition) is 5. The summed E-state index contributed by atoms with van der Waals surface area (Å²) in [6.07, 6.45) is 2.86. The van der Waals surface area contributed by atoms with E-state index in [-0.39, 0.29) is 40.6 Å². The maximum atomic E-state index is 14.6. The van der Waals surface area contributed by atoms with E-state index in [1.807, 2.05) is 0 Å². The fraction of sp³-hybridized carbons (Fsp3) is 0.172. The minimum Gasteiger partial charge on any atom is -0.478 e. The third kappa shape index (κ3) is 5.50. The number of rotatable bonds is 8. The lowest BCUT2D eigenvalue weighted by molar-refractivity contribution is -0.123. The number of amides is 2. The number of carboxylic acid groups (broad SMARTS) is 1. The molecule has 2 heterocycles. The van der Waals surface area contributed by atoms with Crippen molar-refractivity contribution in [1.82, 2.24) is 14.7 Å². The second-order valence-corrected chi connectivity index (χ2v) is 10.7. The van der Waals surface area contributed by atoms with Gasteiger partial charge in [0.25, 0.3) is 17.1 Å². The van der Waals surface area contributed by atoms with Gasteiger partial charge in [-0.1, -0.05) is 42.8 Å². The number of hydrogen-bond donors (Lipinski definition) is 1. The molecule has 0 unspecified atom stereocenters. The first-order valence-corrected chi connectivity index (χ1v) is 13.4. The van der Waals surface area contributed by atoms with E-state index in [0.29, 0.717) is 22.2 Å². The molecule has 2 amide bonds. The van der Waals surface area contributed by atoms with Gasteiger partial charge in [-0.15, -0.1) is 0 Å². The first-order chi connectivity index (χ1) is 19.1. The Morgan fingerprint density at radius 1 is 1.10 bits per heavy atom. The van der Waals surface area contributed by atoms with Gasteiger partial charge < -0.3 is 5.11 Å². The predicted octanol–water partition coefficient (Wildman–Crippen LogP) is 7.17. The number of carbonyl (C=O) groups excluding carboxylic acids is 2. The quantitative estimate of drug-likeness (QED) is 0.222. The van der Waals surface area contributed by atoms with Crippen molar-refractivity contribution in [2.45, 2.75) is 32.4 Å². The van der Waals surface area contributed by atoms with Gasteiger partial charge in [0.2, 0.25) is 0 Å². The Morgan fingerprint density at radius 3 is 2.65 bits per heavy atom. The lowest BCUT2D eigenvalue weighted by Gasteiger charge is -2.19. The van der Waals surface area contributed by atoms with Gasteiger partial charge in [0.15, 0.2) is 0 Å². The summed E-state index contributed by atoms with van der Waals surface area (Å²) in [6, 6.07) is 15.9. The Morgan fingerprint density at radius 2 is 1.90 bits per heavy atom. The van der Waals surface area contributed by atoms with Crippen molar-refractivity contribution >= 4 is 57.5 Å². The van der Waals surface area contributed by atoms with Crippen LogP contribution in [0.5, 0.6) is 0 Å². The van der Waals surface area contributed by atoms with Crippen LogP contribution in [0.15, 0.2) is 71.8 Å². The fourth-order valence-electron chi connectivity index (χ4n) is 4.47. The monoisotopic (exact) mass is 581 g/mol. The maximum absolute atomic E-state index is 14.6. The van der Waals surface area contributed by atoms with E-state index in [1.54, 1.807) is 59.4 Å². The molecule has 204 valence electrons. The zero-order chi connectivity index (χ0) is 28.6. The molecule has 11 heteroatoms. The first-order valence-electron chi connectivity index (χ1n) is 12.3. The molecule has 0 bridgehead atoms. The molecular weight excluding hydrogens is 560 g/mol. The lowest BCUT2D eigenvalue weighted by Crippen LogP contribution is -2.27. The SMILES string of the molecule is CCC(F)(F)c1cc(Cl)ccc1Cn1ncc2cc(C=C3SC(=O)N(Cc4cccc(C(=O)O)c4)C3=O)ccc21. The number of halogens is 3. The molecule has 1 saturated heterocycles. The van der Waals surface area contributed by atoms with Crippen LogP contribution in [0.2, 0.25) is 5.02 Å². The number of thioether (sulfide) groups is 1. The number of carboxylic acids is 1. The van der Waals surface area contributed by atoms with Crippen molar-refractivity contribution in [3.8, 4) is 0 Å². The van der Waals surface area contributed by atoms with Gasteiger partial charge in [-0.25, -0.2) is 13.6 Å². The molecule has 1 N–H and O–H groups in total. The highest BCUT2D eigenvalue weighted by molar-refractivity contribution is 8.18. The fourth-order valence-corrected chi connectivity index (χ4v) is 5.48. The Labute approximate surface area is 237 Å². The van der Waals surface area contributed by atoms with Crippen molar-refractivity contribution in [2.24, 2.45) is 0 Å². The number of fused-ring (bicyclic) bond motifs is 1. The Hall–Kier alpha value is -4.02. The Balaban J connectivity index is 1.37. The van der Waals surface area contributed by atoms with Crippen LogP contribution >= 0.6 is 23.4 Å². The van der Waals surface area contributed by atoms with E-state index in [2.05, 4.69) is 5.10 Å². The summed E-state index contributed by atoms with van der Waals surface area (Å²) in [5.41, 5.74) is 2.25. The van der Waals surface area contributed by atoms with Gasteiger partial charge in [0.1, 0.15) is 0 Å². The van der Waals surface area contributed by atoms with Gasteiger partial charge in [0, 0.05) is 22.4 Å². The standard InChI is InChI=1S/C29H22ClF2N3O4S/c1-2-29(31,32)23-13-22(30)8-7-20(23)16-35-24-9-6-17(10-21(24)14-33-35)12-25-26(36)34(28(39)40-25)15-18-4-3-5-19(11-18)27(37)38/h3-14H,2,15-16H2,1H3,(H,37,38). The molecule has 1 aliphatic heterocycles. The number of aromatic nitrogens is 2. The van der Waals surface area contributed by atoms with Crippen molar-refractivity contribution in [2.75, 3.05) is 0 Å². The summed E-state index contributed by atoms with van der Waals surface area (Å²) in [5.74, 6) is -4.60. The average molecular weight is 582 g/mol. The summed E-state index contributed by atoms with van der Waals surface area (Å²) in [7, 11) is 0. The van der Waals surface area contributed by atoms with E-state index >= 15 is 0 Å².